The van der Waals surface area contributed by atoms with E-state index in [0.717, 1.165) is 4.57 Å². The molecule has 0 fully saturated rings. The zero-order chi connectivity index (χ0) is 25.7. The molecule has 0 atom stereocenters. The molecule has 186 valence electrons. The lowest BCUT2D eigenvalue weighted by Gasteiger charge is -2.14. The molecule has 0 spiro atoms. The third kappa shape index (κ3) is 5.58. The van der Waals surface area contributed by atoms with Gasteiger partial charge in [0.15, 0.2) is 5.78 Å². The predicted octanol–water partition coefficient (Wildman–Crippen LogP) is 3.40. The molecule has 0 unspecified atom stereocenters. The number of halogens is 1. The molecule has 0 saturated carbocycles. The maximum Gasteiger partial charge on any atom is 0.331 e. The summed E-state index contributed by atoms with van der Waals surface area (Å²) in [5, 5.41) is 3.26. The Labute approximate surface area is 210 Å². The zero-order valence-electron chi connectivity index (χ0n) is 19.5. The Balaban J connectivity index is 1.58. The number of benzene rings is 2. The molecule has 1 N–H and O–H groups in total. The number of carbonyl (C=O) groups is 2. The second kappa shape index (κ2) is 11.1. The highest BCUT2D eigenvalue weighted by Gasteiger charge is 2.17. The van der Waals surface area contributed by atoms with Crippen LogP contribution in [0.3, 0.4) is 0 Å². The maximum atomic E-state index is 13.3. The molecular weight excluding hydrogens is 486 g/mol. The number of nitrogens with one attached hydrogen (secondary N) is 1. The fraction of sp³-hybridized carbons (Fsp3) is 0.231. The fourth-order valence-corrected chi connectivity index (χ4v) is 4.03. The van der Waals surface area contributed by atoms with Gasteiger partial charge in [0.05, 0.1) is 37.4 Å². The van der Waals surface area contributed by atoms with E-state index in [4.69, 9.17) is 20.8 Å². The normalized spacial score (nSPS) is 10.9. The number of ketones is 1. The van der Waals surface area contributed by atoms with Crippen LogP contribution in [0.5, 0.6) is 5.75 Å². The van der Waals surface area contributed by atoms with Crippen LogP contribution in [0.1, 0.15) is 29.0 Å². The minimum absolute atomic E-state index is 0.00163. The summed E-state index contributed by atoms with van der Waals surface area (Å²) in [6, 6.07) is 14.7. The van der Waals surface area contributed by atoms with Crippen molar-refractivity contribution in [2.75, 3.05) is 7.11 Å². The van der Waals surface area contributed by atoms with Crippen molar-refractivity contribution in [3.05, 3.63) is 98.0 Å². The van der Waals surface area contributed by atoms with Crippen LogP contribution in [0.25, 0.3) is 10.9 Å². The number of methoxy groups -OCH3 is 1. The second-order valence-corrected chi connectivity index (χ2v) is 8.54. The zero-order valence-corrected chi connectivity index (χ0v) is 20.3. The molecule has 36 heavy (non-hydrogen) atoms. The highest BCUT2D eigenvalue weighted by molar-refractivity contribution is 6.31. The molecule has 0 aliphatic carbocycles. The van der Waals surface area contributed by atoms with E-state index in [1.807, 2.05) is 0 Å². The van der Waals surface area contributed by atoms with Crippen LogP contribution in [0, 0.1) is 0 Å². The highest BCUT2D eigenvalue weighted by atomic mass is 35.5. The van der Waals surface area contributed by atoms with Crippen LogP contribution in [-0.4, -0.2) is 27.9 Å². The van der Waals surface area contributed by atoms with E-state index in [1.54, 1.807) is 48.5 Å². The van der Waals surface area contributed by atoms with E-state index in [0.29, 0.717) is 27.6 Å². The van der Waals surface area contributed by atoms with Crippen molar-refractivity contribution in [1.29, 1.82) is 0 Å². The van der Waals surface area contributed by atoms with Gasteiger partial charge in [0.2, 0.25) is 5.91 Å². The first-order valence-corrected chi connectivity index (χ1v) is 11.6. The summed E-state index contributed by atoms with van der Waals surface area (Å²) in [5.74, 6) is 0.571. The van der Waals surface area contributed by atoms with Gasteiger partial charge in [-0.2, -0.15) is 0 Å². The van der Waals surface area contributed by atoms with Crippen LogP contribution in [0.4, 0.5) is 0 Å². The van der Waals surface area contributed by atoms with E-state index in [2.05, 4.69) is 5.32 Å². The van der Waals surface area contributed by atoms with Crippen LogP contribution in [0.2, 0.25) is 5.02 Å². The number of fused-ring (bicyclic) bond motifs is 1. The number of Topliss-reactive ketones (excluding diaryl/α,β-unsaturated/α-hetero) is 1. The molecule has 1 amide bonds. The lowest BCUT2D eigenvalue weighted by Crippen LogP contribution is -2.41. The number of carbonyl (C=O) groups excluding carboxylic acids is 2. The van der Waals surface area contributed by atoms with Gasteiger partial charge in [-0.05, 0) is 48.9 Å². The van der Waals surface area contributed by atoms with E-state index in [1.165, 1.54) is 24.0 Å². The average Bonchev–Trinajstić information content (AvgIpc) is 3.41. The van der Waals surface area contributed by atoms with E-state index in [9.17, 15) is 19.2 Å². The molecule has 2 aromatic carbocycles. The van der Waals surface area contributed by atoms with Gasteiger partial charge >= 0.3 is 5.69 Å². The van der Waals surface area contributed by atoms with E-state index < -0.39 is 11.2 Å². The molecule has 0 aliphatic rings. The number of hydrogen-bond donors (Lipinski definition) is 1. The van der Waals surface area contributed by atoms with Crippen molar-refractivity contribution in [2.45, 2.75) is 32.5 Å². The molecule has 2 heterocycles. The van der Waals surface area contributed by atoms with Crippen molar-refractivity contribution in [2.24, 2.45) is 0 Å². The fourth-order valence-electron chi connectivity index (χ4n) is 3.86. The standard InChI is InChI=1S/C26H24ClN3O6/c1-35-19-6-2-5-17(13-19)23(31)16-30-22-10-9-18(27)14-21(22)25(33)29(26(30)34)11-3-8-24(32)28-15-20-7-4-12-36-20/h2,4-7,9-10,12-14H,3,8,11,15-16H2,1H3,(H,28,32). The molecule has 2 aromatic heterocycles. The number of nitrogens with zero attached hydrogens (tertiary/aromatic N) is 2. The van der Waals surface area contributed by atoms with Gasteiger partial charge in [0.25, 0.3) is 5.56 Å². The molecule has 0 radical (unpaired) electrons. The minimum atomic E-state index is -0.637. The largest absolute Gasteiger partial charge is 0.497 e. The van der Waals surface area contributed by atoms with Gasteiger partial charge in [0.1, 0.15) is 11.5 Å². The number of furan rings is 1. The van der Waals surface area contributed by atoms with Gasteiger partial charge in [0, 0.05) is 23.6 Å². The van der Waals surface area contributed by atoms with Gasteiger partial charge in [-0.15, -0.1) is 0 Å². The summed E-state index contributed by atoms with van der Waals surface area (Å²) < 4.78 is 12.7. The van der Waals surface area contributed by atoms with E-state index >= 15 is 0 Å². The lowest BCUT2D eigenvalue weighted by molar-refractivity contribution is -0.121. The number of hydrogen-bond acceptors (Lipinski definition) is 6. The summed E-state index contributed by atoms with van der Waals surface area (Å²) in [5.41, 5.74) is -0.493. The highest BCUT2D eigenvalue weighted by Crippen LogP contribution is 2.17. The van der Waals surface area contributed by atoms with E-state index in [-0.39, 0.29) is 49.6 Å². The Kier molecular flexibility index (Phi) is 7.70. The summed E-state index contributed by atoms with van der Waals surface area (Å²) in [6.07, 6.45) is 1.86. The molecule has 0 saturated heterocycles. The van der Waals surface area contributed by atoms with Gasteiger partial charge < -0.3 is 14.5 Å². The molecule has 10 heteroatoms. The SMILES string of the molecule is COc1cccc(C(=O)Cn2c(=O)n(CCCC(=O)NCc3ccco3)c(=O)c3cc(Cl)ccc32)c1. The van der Waals surface area contributed by atoms with Crippen molar-refractivity contribution >= 4 is 34.2 Å². The number of rotatable bonds is 10. The summed E-state index contributed by atoms with van der Waals surface area (Å²) in [7, 11) is 1.50. The molecule has 4 aromatic rings. The molecule has 0 aliphatic heterocycles. The smallest absolute Gasteiger partial charge is 0.331 e. The molecule has 9 nitrogen and oxygen atoms in total. The number of aromatic nitrogens is 2. The Hall–Kier alpha value is -4.11. The topological polar surface area (TPSA) is 113 Å². The van der Waals surface area contributed by atoms with Crippen molar-refractivity contribution in [3.63, 3.8) is 0 Å². The Morgan fingerprint density at radius 2 is 1.89 bits per heavy atom. The monoisotopic (exact) mass is 509 g/mol. The van der Waals surface area contributed by atoms with Crippen LogP contribution >= 0.6 is 11.6 Å². The maximum absolute atomic E-state index is 13.3. The van der Waals surface area contributed by atoms with Gasteiger partial charge in [-0.3, -0.25) is 23.5 Å². The van der Waals surface area contributed by atoms with Crippen molar-refractivity contribution in [1.82, 2.24) is 14.5 Å². The lowest BCUT2D eigenvalue weighted by atomic mass is 10.1. The quantitative estimate of drug-likeness (QED) is 0.328. The van der Waals surface area contributed by atoms with Crippen LogP contribution < -0.4 is 21.3 Å². The summed E-state index contributed by atoms with van der Waals surface area (Å²) in [6.45, 7) is -0.0326. The number of amides is 1. The average molecular weight is 510 g/mol. The molecular formula is C26H24ClN3O6. The van der Waals surface area contributed by atoms with Crippen LogP contribution in [-0.2, 0) is 24.4 Å². The number of ether oxygens (including phenoxy) is 1. The summed E-state index contributed by atoms with van der Waals surface area (Å²) in [4.78, 5) is 51.7. The molecule has 0 bridgehead atoms. The van der Waals surface area contributed by atoms with Gasteiger partial charge in [-0.1, -0.05) is 23.7 Å². The third-order valence-corrected chi connectivity index (χ3v) is 5.94. The predicted molar refractivity (Wildman–Crippen MR) is 135 cm³/mol. The first-order valence-electron chi connectivity index (χ1n) is 11.3. The Bertz CT molecular complexity index is 1520. The second-order valence-electron chi connectivity index (χ2n) is 8.10. The third-order valence-electron chi connectivity index (χ3n) is 5.71. The Morgan fingerprint density at radius 1 is 1.06 bits per heavy atom. The van der Waals surface area contributed by atoms with Crippen LogP contribution in [0.15, 0.2) is 74.9 Å². The summed E-state index contributed by atoms with van der Waals surface area (Å²) >= 11 is 6.12. The minimum Gasteiger partial charge on any atom is -0.497 e. The first-order chi connectivity index (χ1) is 17.4. The van der Waals surface area contributed by atoms with Gasteiger partial charge in [-0.25, -0.2) is 4.79 Å². The first kappa shape index (κ1) is 25.0. The Morgan fingerprint density at radius 3 is 2.64 bits per heavy atom. The van der Waals surface area contributed by atoms with Crippen molar-refractivity contribution < 1.29 is 18.7 Å². The molecule has 4 rings (SSSR count). The van der Waals surface area contributed by atoms with Crippen molar-refractivity contribution in [3.8, 4) is 5.75 Å².